The van der Waals surface area contributed by atoms with E-state index in [1.807, 2.05) is 86.6 Å². The number of hydrogen-bond acceptors (Lipinski definition) is 4. The molecule has 0 aliphatic rings. The van der Waals surface area contributed by atoms with Crippen molar-refractivity contribution in [3.8, 4) is 11.4 Å². The van der Waals surface area contributed by atoms with Gasteiger partial charge in [-0.3, -0.25) is 13.8 Å². The van der Waals surface area contributed by atoms with Crippen LogP contribution in [-0.4, -0.2) is 30.6 Å². The van der Waals surface area contributed by atoms with Crippen LogP contribution in [0.2, 0.25) is 0 Å². The van der Waals surface area contributed by atoms with Gasteiger partial charge in [-0.2, -0.15) is 0 Å². The second-order valence-electron chi connectivity index (χ2n) is 7.97. The van der Waals surface area contributed by atoms with Crippen LogP contribution in [-0.2, 0) is 13.0 Å². The lowest BCUT2D eigenvalue weighted by Gasteiger charge is -2.12. The van der Waals surface area contributed by atoms with Gasteiger partial charge in [-0.05, 0) is 42.3 Å². The number of fused-ring (bicyclic) bond motifs is 5. The van der Waals surface area contributed by atoms with E-state index < -0.39 is 0 Å². The van der Waals surface area contributed by atoms with Crippen molar-refractivity contribution in [2.75, 3.05) is 7.11 Å². The van der Waals surface area contributed by atoms with Crippen LogP contribution >= 0.6 is 0 Å². The number of nitrogens with zero attached hydrogens (tertiary/aromatic N) is 5. The Morgan fingerprint density at radius 1 is 0.970 bits per heavy atom. The third kappa shape index (κ3) is 3.17. The van der Waals surface area contributed by atoms with Crippen molar-refractivity contribution in [1.82, 2.24) is 23.5 Å². The molecule has 0 aliphatic carbocycles. The largest absolute Gasteiger partial charge is 0.497 e. The molecule has 0 unspecified atom stereocenters. The Bertz CT molecular complexity index is 1660. The van der Waals surface area contributed by atoms with E-state index in [0.717, 1.165) is 39.2 Å². The maximum atomic E-state index is 13.6. The van der Waals surface area contributed by atoms with E-state index in [9.17, 15) is 4.79 Å². The van der Waals surface area contributed by atoms with Crippen molar-refractivity contribution in [3.05, 3.63) is 101 Å². The fourth-order valence-electron chi connectivity index (χ4n) is 4.38. The molecule has 0 saturated heterocycles. The first-order chi connectivity index (χ1) is 16.2. The molecule has 0 aliphatic heterocycles. The van der Waals surface area contributed by atoms with Gasteiger partial charge < -0.3 is 9.30 Å². The lowest BCUT2D eigenvalue weighted by Crippen LogP contribution is -2.22. The Labute approximate surface area is 189 Å². The minimum atomic E-state index is -0.0126. The first kappa shape index (κ1) is 19.3. The third-order valence-electron chi connectivity index (χ3n) is 6.08. The summed E-state index contributed by atoms with van der Waals surface area (Å²) in [5, 5.41) is 1.55. The second-order valence-corrected chi connectivity index (χ2v) is 7.97. The summed E-state index contributed by atoms with van der Waals surface area (Å²) in [6.45, 7) is 0.537. The summed E-state index contributed by atoms with van der Waals surface area (Å²) >= 11 is 0. The van der Waals surface area contributed by atoms with Crippen molar-refractivity contribution in [2.24, 2.45) is 0 Å². The van der Waals surface area contributed by atoms with E-state index in [-0.39, 0.29) is 5.56 Å². The molecule has 4 aromatic heterocycles. The Balaban J connectivity index is 1.57. The minimum absolute atomic E-state index is 0.0126. The zero-order chi connectivity index (χ0) is 22.4. The summed E-state index contributed by atoms with van der Waals surface area (Å²) in [5.74, 6) is 0.817. The number of aryl methyl sites for hydroxylation is 2. The molecule has 0 bridgehead atoms. The molecule has 33 heavy (non-hydrogen) atoms. The van der Waals surface area contributed by atoms with Gasteiger partial charge in [-0.25, -0.2) is 9.97 Å². The average molecular weight is 435 g/mol. The highest BCUT2D eigenvalue weighted by Gasteiger charge is 2.17. The molecule has 0 atom stereocenters. The Hall–Kier alpha value is -4.39. The first-order valence-corrected chi connectivity index (χ1v) is 10.8. The zero-order valence-corrected chi connectivity index (χ0v) is 18.0. The Morgan fingerprint density at radius 3 is 2.55 bits per heavy atom. The summed E-state index contributed by atoms with van der Waals surface area (Å²) in [4.78, 5) is 22.7. The monoisotopic (exact) mass is 435 g/mol. The Morgan fingerprint density at radius 2 is 1.79 bits per heavy atom. The van der Waals surface area contributed by atoms with Crippen molar-refractivity contribution in [2.45, 2.75) is 13.0 Å². The molecular formula is C26H21N5O2. The predicted molar refractivity (Wildman–Crippen MR) is 128 cm³/mol. The topological polar surface area (TPSA) is 66.4 Å². The highest BCUT2D eigenvalue weighted by Crippen LogP contribution is 2.25. The van der Waals surface area contributed by atoms with Gasteiger partial charge in [-0.15, -0.1) is 0 Å². The molecule has 7 heteroatoms. The lowest BCUT2D eigenvalue weighted by atomic mass is 10.1. The van der Waals surface area contributed by atoms with Gasteiger partial charge in [0.25, 0.3) is 5.56 Å². The van der Waals surface area contributed by atoms with Crippen molar-refractivity contribution < 1.29 is 4.74 Å². The quantitative estimate of drug-likeness (QED) is 0.406. The normalized spacial score (nSPS) is 11.5. The molecule has 0 N–H and O–H groups in total. The molecule has 0 spiro atoms. The van der Waals surface area contributed by atoms with Crippen molar-refractivity contribution in [1.29, 1.82) is 0 Å². The molecule has 0 amide bonds. The molecule has 6 rings (SSSR count). The predicted octanol–water partition coefficient (Wildman–Crippen LogP) is 4.24. The second kappa shape index (κ2) is 7.63. The fraction of sp³-hybridized carbons (Fsp3) is 0.115. The van der Waals surface area contributed by atoms with Crippen LogP contribution < -0.4 is 10.3 Å². The number of benzene rings is 2. The van der Waals surface area contributed by atoms with Crippen LogP contribution in [0.3, 0.4) is 0 Å². The van der Waals surface area contributed by atoms with E-state index in [0.29, 0.717) is 18.4 Å². The Kier molecular flexibility index (Phi) is 4.47. The van der Waals surface area contributed by atoms with Gasteiger partial charge in [0.1, 0.15) is 22.6 Å². The van der Waals surface area contributed by atoms with Crippen LogP contribution in [0.15, 0.2) is 90.4 Å². The van der Waals surface area contributed by atoms with Gasteiger partial charge >= 0.3 is 0 Å². The molecule has 0 fully saturated rings. The van der Waals surface area contributed by atoms with Crippen LogP contribution in [0.5, 0.6) is 5.75 Å². The minimum Gasteiger partial charge on any atom is -0.497 e. The molecule has 7 nitrogen and oxygen atoms in total. The smallest absolute Gasteiger partial charge is 0.260 e. The van der Waals surface area contributed by atoms with Gasteiger partial charge in [0, 0.05) is 35.9 Å². The number of ether oxygens (including phenoxy) is 1. The number of pyridine rings is 2. The molecule has 0 radical (unpaired) electrons. The number of rotatable bonds is 5. The van der Waals surface area contributed by atoms with Crippen LogP contribution in [0.4, 0.5) is 0 Å². The summed E-state index contributed by atoms with van der Waals surface area (Å²) in [7, 11) is 1.66. The summed E-state index contributed by atoms with van der Waals surface area (Å²) < 4.78 is 11.1. The van der Waals surface area contributed by atoms with Crippen molar-refractivity contribution in [3.63, 3.8) is 0 Å². The number of hydrogen-bond donors (Lipinski definition) is 0. The van der Waals surface area contributed by atoms with Crippen LogP contribution in [0, 0.1) is 0 Å². The molecule has 6 aromatic rings. The number of imidazole rings is 2. The number of aromatic nitrogens is 5. The van der Waals surface area contributed by atoms with E-state index >= 15 is 0 Å². The van der Waals surface area contributed by atoms with E-state index in [1.54, 1.807) is 19.6 Å². The van der Waals surface area contributed by atoms with Gasteiger partial charge in [0.2, 0.25) is 0 Å². The van der Waals surface area contributed by atoms with E-state index in [4.69, 9.17) is 9.72 Å². The highest BCUT2D eigenvalue weighted by molar-refractivity contribution is 6.03. The van der Waals surface area contributed by atoms with E-state index in [1.165, 1.54) is 0 Å². The van der Waals surface area contributed by atoms with Crippen LogP contribution in [0.1, 0.15) is 5.56 Å². The van der Waals surface area contributed by atoms with Gasteiger partial charge in [0.05, 0.1) is 19.1 Å². The highest BCUT2D eigenvalue weighted by atomic mass is 16.5. The van der Waals surface area contributed by atoms with Gasteiger partial charge in [0.15, 0.2) is 0 Å². The summed E-state index contributed by atoms with van der Waals surface area (Å²) in [5.41, 5.74) is 4.48. The van der Waals surface area contributed by atoms with Gasteiger partial charge in [-0.1, -0.05) is 30.3 Å². The molecule has 4 heterocycles. The fourth-order valence-corrected chi connectivity index (χ4v) is 4.38. The zero-order valence-electron chi connectivity index (χ0n) is 18.0. The lowest BCUT2D eigenvalue weighted by molar-refractivity contribution is 0.414. The summed E-state index contributed by atoms with van der Waals surface area (Å²) in [6, 6.07) is 19.6. The molecule has 0 saturated carbocycles. The molecule has 2 aromatic carbocycles. The maximum Gasteiger partial charge on any atom is 0.260 e. The van der Waals surface area contributed by atoms with Crippen molar-refractivity contribution >= 4 is 27.6 Å². The molecule has 162 valence electrons. The SMILES string of the molecule is COc1ccc(CCn2c(=O)c3ccccc3c3nc4ccc(-n5ccnc5)cn4c32)cc1. The number of methoxy groups -OCH3 is 1. The standard InChI is InChI=1S/C26H21N5O2/c1-33-20-9-6-18(7-10-20)12-14-30-25-24(21-4-2-3-5-22(21)26(30)32)28-23-11-8-19(16-31(23)25)29-15-13-27-17-29/h2-11,13,15-17H,12,14H2,1H3. The van der Waals surface area contributed by atoms with Crippen LogP contribution in [0.25, 0.3) is 33.3 Å². The summed E-state index contributed by atoms with van der Waals surface area (Å²) in [6.07, 6.45) is 8.11. The maximum absolute atomic E-state index is 13.6. The van der Waals surface area contributed by atoms with E-state index in [2.05, 4.69) is 4.98 Å². The third-order valence-corrected chi connectivity index (χ3v) is 6.08. The average Bonchev–Trinajstić information content (AvgIpc) is 3.53. The first-order valence-electron chi connectivity index (χ1n) is 10.8. The molecular weight excluding hydrogens is 414 g/mol.